The van der Waals surface area contributed by atoms with Gasteiger partial charge in [0.2, 0.25) is 5.15 Å². The van der Waals surface area contributed by atoms with Gasteiger partial charge in [0.05, 0.1) is 4.92 Å². The molecule has 25 heavy (non-hydrogen) atoms. The molecule has 128 valence electrons. The lowest BCUT2D eigenvalue weighted by atomic mass is 9.76. The highest BCUT2D eigenvalue weighted by molar-refractivity contribution is 9.10. The van der Waals surface area contributed by atoms with Gasteiger partial charge in [0.15, 0.2) is 0 Å². The van der Waals surface area contributed by atoms with Gasteiger partial charge in [-0.15, -0.1) is 0 Å². The van der Waals surface area contributed by atoms with Crippen molar-refractivity contribution in [3.8, 4) is 0 Å². The molecular formula is C16H13BBrClN2O4. The summed E-state index contributed by atoms with van der Waals surface area (Å²) in [4.78, 5) is 13.2. The van der Waals surface area contributed by atoms with Gasteiger partial charge in [-0.3, -0.25) is 10.1 Å². The van der Waals surface area contributed by atoms with Crippen LogP contribution in [0.3, 0.4) is 0 Å². The average Bonchev–Trinajstić information content (AvgIpc) is 2.58. The summed E-state index contributed by atoms with van der Waals surface area (Å²) < 4.78 is 0.536. The number of hydrogen-bond acceptors (Lipinski definition) is 5. The van der Waals surface area contributed by atoms with Gasteiger partial charge in [0.1, 0.15) is 0 Å². The van der Waals surface area contributed by atoms with Crippen LogP contribution >= 0.6 is 27.5 Å². The first-order chi connectivity index (χ1) is 11.8. The molecule has 0 radical (unpaired) electrons. The molecule has 0 amide bonds. The summed E-state index contributed by atoms with van der Waals surface area (Å²) in [5.41, 5.74) is 1.51. The molecule has 0 bridgehead atoms. The average molecular weight is 423 g/mol. The van der Waals surface area contributed by atoms with Gasteiger partial charge >= 0.3 is 12.8 Å². The zero-order valence-corrected chi connectivity index (χ0v) is 15.4. The maximum atomic E-state index is 10.2. The fourth-order valence-electron chi connectivity index (χ4n) is 2.24. The number of nitrogens with zero attached hydrogens (tertiary/aromatic N) is 2. The summed E-state index contributed by atoms with van der Waals surface area (Å²) in [6, 6.07) is 12.7. The number of benzene rings is 2. The second-order valence-corrected chi connectivity index (χ2v) is 6.39. The number of halogens is 2. The Labute approximate surface area is 157 Å². The van der Waals surface area contributed by atoms with Crippen molar-refractivity contribution in [3.05, 3.63) is 74.0 Å². The van der Waals surface area contributed by atoms with Gasteiger partial charge in [0, 0.05) is 16.7 Å². The number of pyridine rings is 1. The molecule has 0 saturated carbocycles. The van der Waals surface area contributed by atoms with Gasteiger partial charge in [-0.1, -0.05) is 48.0 Å². The van der Waals surface area contributed by atoms with Crippen molar-refractivity contribution in [3.63, 3.8) is 0 Å². The van der Waals surface area contributed by atoms with Crippen molar-refractivity contribution in [2.75, 3.05) is 0 Å². The van der Waals surface area contributed by atoms with E-state index in [1.807, 2.05) is 37.3 Å². The zero-order chi connectivity index (χ0) is 18.6. The van der Waals surface area contributed by atoms with E-state index in [2.05, 4.69) is 20.9 Å². The van der Waals surface area contributed by atoms with Crippen LogP contribution in [0.4, 0.5) is 5.69 Å². The van der Waals surface area contributed by atoms with E-state index < -0.39 is 12.0 Å². The van der Waals surface area contributed by atoms with Crippen LogP contribution in [-0.2, 0) is 0 Å². The first-order valence-electron chi connectivity index (χ1n) is 7.11. The van der Waals surface area contributed by atoms with E-state index in [4.69, 9.17) is 21.6 Å². The summed E-state index contributed by atoms with van der Waals surface area (Å²) in [6.07, 6.45) is 1.40. The monoisotopic (exact) mass is 422 g/mol. The molecule has 1 aromatic heterocycles. The Morgan fingerprint density at radius 3 is 2.40 bits per heavy atom. The van der Waals surface area contributed by atoms with E-state index in [0.29, 0.717) is 9.94 Å². The van der Waals surface area contributed by atoms with Crippen molar-refractivity contribution in [2.45, 2.75) is 6.92 Å². The van der Waals surface area contributed by atoms with Gasteiger partial charge in [-0.25, -0.2) is 4.98 Å². The molecule has 0 aliphatic rings. The summed E-state index contributed by atoms with van der Waals surface area (Å²) in [7, 11) is -1.40. The van der Waals surface area contributed by atoms with Crippen LogP contribution in [-0.4, -0.2) is 27.1 Å². The van der Waals surface area contributed by atoms with Crippen LogP contribution in [0.15, 0.2) is 53.1 Å². The molecular weight excluding hydrogens is 410 g/mol. The molecule has 2 aromatic carbocycles. The van der Waals surface area contributed by atoms with Gasteiger partial charge in [-0.2, -0.15) is 0 Å². The Hall–Kier alpha value is -2.00. The highest BCUT2D eigenvalue weighted by atomic mass is 79.9. The van der Waals surface area contributed by atoms with Crippen molar-refractivity contribution >= 4 is 56.6 Å². The third kappa shape index (κ3) is 4.76. The van der Waals surface area contributed by atoms with Crippen molar-refractivity contribution in [2.24, 2.45) is 0 Å². The third-order valence-corrected chi connectivity index (χ3v) is 4.16. The van der Waals surface area contributed by atoms with E-state index in [1.54, 1.807) is 6.07 Å². The van der Waals surface area contributed by atoms with Crippen molar-refractivity contribution < 1.29 is 15.0 Å². The Morgan fingerprint density at radius 2 is 1.84 bits per heavy atom. The highest BCUT2D eigenvalue weighted by Crippen LogP contribution is 2.24. The van der Waals surface area contributed by atoms with Crippen LogP contribution in [0.1, 0.15) is 5.56 Å². The van der Waals surface area contributed by atoms with Crippen molar-refractivity contribution in [1.82, 2.24) is 4.98 Å². The molecule has 1 heterocycles. The lowest BCUT2D eigenvalue weighted by molar-refractivity contribution is -0.385. The van der Waals surface area contributed by atoms with Crippen LogP contribution in [0.2, 0.25) is 5.15 Å². The Bertz CT molecular complexity index is 924. The largest absolute Gasteiger partial charge is 0.489 e. The fourth-order valence-corrected chi connectivity index (χ4v) is 2.73. The smallest absolute Gasteiger partial charge is 0.423 e. The van der Waals surface area contributed by atoms with Crippen LogP contribution in [0, 0.1) is 17.0 Å². The minimum absolute atomic E-state index is 0.0989. The lowest BCUT2D eigenvalue weighted by Gasteiger charge is -2.07. The van der Waals surface area contributed by atoms with E-state index in [0.717, 1.165) is 16.3 Å². The number of nitro groups is 1. The molecule has 2 N–H and O–H groups in total. The summed E-state index contributed by atoms with van der Waals surface area (Å²) in [5.74, 6) is 0. The number of aromatic nitrogens is 1. The molecule has 3 rings (SSSR count). The molecule has 0 aliphatic heterocycles. The Morgan fingerprint density at radius 1 is 1.20 bits per heavy atom. The zero-order valence-electron chi connectivity index (χ0n) is 13.1. The summed E-state index contributed by atoms with van der Waals surface area (Å²) in [6.45, 7) is 2.01. The minimum atomic E-state index is -1.40. The maximum absolute atomic E-state index is 10.2. The molecule has 0 spiro atoms. The number of hydrogen-bond donors (Lipinski definition) is 2. The molecule has 6 nitrogen and oxygen atoms in total. The standard InChI is InChI=1S/C11H11BO2.C5H2BrClN2O2/c1-8-6-7-11(12(13)14)10-5-3-2-4-9(8)10;6-3-1-4(9(10)11)5(7)8-2-3/h2-7,13-14H,1H3;1-2H. The molecule has 0 unspecified atom stereocenters. The van der Waals surface area contributed by atoms with Crippen LogP contribution in [0.5, 0.6) is 0 Å². The second-order valence-electron chi connectivity index (χ2n) is 5.11. The van der Waals surface area contributed by atoms with E-state index in [1.165, 1.54) is 12.3 Å². The topological polar surface area (TPSA) is 96.5 Å². The highest BCUT2D eigenvalue weighted by Gasteiger charge is 2.14. The number of aryl methyl sites for hydroxylation is 1. The molecule has 0 aliphatic carbocycles. The van der Waals surface area contributed by atoms with E-state index >= 15 is 0 Å². The Kier molecular flexibility index (Phi) is 6.49. The molecule has 0 atom stereocenters. The third-order valence-electron chi connectivity index (χ3n) is 3.44. The normalized spacial score (nSPS) is 10.1. The first-order valence-corrected chi connectivity index (χ1v) is 8.28. The number of fused-ring (bicyclic) bond motifs is 1. The predicted octanol–water partition coefficient (Wildman–Crippen LogP) is 3.23. The van der Waals surface area contributed by atoms with Crippen molar-refractivity contribution in [1.29, 1.82) is 0 Å². The van der Waals surface area contributed by atoms with Crippen LogP contribution in [0.25, 0.3) is 10.8 Å². The minimum Gasteiger partial charge on any atom is -0.423 e. The number of rotatable bonds is 2. The quantitative estimate of drug-likeness (QED) is 0.286. The van der Waals surface area contributed by atoms with Gasteiger partial charge in [0.25, 0.3) is 0 Å². The first kappa shape index (κ1) is 19.3. The van der Waals surface area contributed by atoms with E-state index in [9.17, 15) is 10.1 Å². The predicted molar refractivity (Wildman–Crippen MR) is 102 cm³/mol. The van der Waals surface area contributed by atoms with Gasteiger partial charge in [-0.05, 0) is 44.7 Å². The maximum Gasteiger partial charge on any atom is 0.489 e. The SMILES string of the molecule is Cc1ccc(B(O)O)c2ccccc12.O=[N+]([O-])c1cc(Br)cnc1Cl. The summed E-state index contributed by atoms with van der Waals surface area (Å²) >= 11 is 8.46. The van der Waals surface area contributed by atoms with Gasteiger partial charge < -0.3 is 10.0 Å². The van der Waals surface area contributed by atoms with E-state index in [-0.39, 0.29) is 10.8 Å². The summed E-state index contributed by atoms with van der Waals surface area (Å²) in [5, 5.41) is 30.4. The fraction of sp³-hybridized carbons (Fsp3) is 0.0625. The molecule has 3 aromatic rings. The molecule has 0 saturated heterocycles. The molecule has 0 fully saturated rings. The second kappa shape index (κ2) is 8.40. The van der Waals surface area contributed by atoms with Crippen LogP contribution < -0.4 is 5.46 Å². The Balaban J connectivity index is 0.000000186. The molecule has 9 heteroatoms. The lowest BCUT2D eigenvalue weighted by Crippen LogP contribution is -2.30.